The number of alkyl halides is 1. The molecule has 2 aromatic carbocycles. The Bertz CT molecular complexity index is 721. The van der Waals surface area contributed by atoms with Crippen molar-refractivity contribution in [2.75, 3.05) is 0 Å². The van der Waals surface area contributed by atoms with Crippen LogP contribution >= 0.6 is 23.2 Å². The topological polar surface area (TPSA) is 17.8 Å². The van der Waals surface area contributed by atoms with Crippen molar-refractivity contribution in [1.82, 2.24) is 9.55 Å². The van der Waals surface area contributed by atoms with Crippen LogP contribution in [-0.4, -0.2) is 9.55 Å². The number of hydrogen-bond donors (Lipinski definition) is 0. The molecular weight excluding hydrogens is 303 g/mol. The lowest BCUT2D eigenvalue weighted by molar-refractivity contribution is 0.774. The molecule has 0 aliphatic carbocycles. The largest absolute Gasteiger partial charge is 0.321 e. The van der Waals surface area contributed by atoms with Crippen LogP contribution in [0.2, 0.25) is 5.15 Å². The number of benzene rings is 2. The van der Waals surface area contributed by atoms with Gasteiger partial charge in [-0.2, -0.15) is 0 Å². The average molecular weight is 317 g/mol. The summed E-state index contributed by atoms with van der Waals surface area (Å²) in [5.41, 5.74) is 3.07. The van der Waals surface area contributed by atoms with Crippen LogP contribution in [0.15, 0.2) is 60.7 Å². The first kappa shape index (κ1) is 14.2. The fourth-order valence-corrected chi connectivity index (χ4v) is 2.92. The Morgan fingerprint density at radius 2 is 1.52 bits per heavy atom. The molecular formula is C17H14Cl2N2. The van der Waals surface area contributed by atoms with E-state index in [1.807, 2.05) is 48.5 Å². The Morgan fingerprint density at radius 1 is 0.905 bits per heavy atom. The zero-order valence-electron chi connectivity index (χ0n) is 11.3. The molecule has 0 N–H and O–H groups in total. The van der Waals surface area contributed by atoms with Crippen LogP contribution in [0, 0.1) is 0 Å². The summed E-state index contributed by atoms with van der Waals surface area (Å²) >= 11 is 12.3. The second-order valence-corrected chi connectivity index (χ2v) is 5.37. The summed E-state index contributed by atoms with van der Waals surface area (Å²) in [5.74, 6) is 1.19. The zero-order valence-corrected chi connectivity index (χ0v) is 12.8. The van der Waals surface area contributed by atoms with Crippen molar-refractivity contribution in [3.05, 3.63) is 77.1 Å². The average Bonchev–Trinajstić information content (AvgIpc) is 2.85. The molecule has 0 amide bonds. The number of nitrogens with zero attached hydrogens (tertiary/aromatic N) is 2. The number of rotatable bonds is 4. The Kier molecular flexibility index (Phi) is 4.28. The maximum Gasteiger partial charge on any atom is 0.152 e. The molecule has 2 nitrogen and oxygen atoms in total. The van der Waals surface area contributed by atoms with E-state index in [2.05, 4.69) is 21.7 Å². The number of hydrogen-bond acceptors (Lipinski definition) is 1. The Balaban J connectivity index is 2.09. The monoisotopic (exact) mass is 316 g/mol. The van der Waals surface area contributed by atoms with Gasteiger partial charge >= 0.3 is 0 Å². The van der Waals surface area contributed by atoms with Gasteiger partial charge in [-0.15, -0.1) is 11.6 Å². The van der Waals surface area contributed by atoms with E-state index in [1.165, 1.54) is 5.56 Å². The molecule has 0 bridgehead atoms. The van der Waals surface area contributed by atoms with Crippen LogP contribution in [0.5, 0.6) is 0 Å². The van der Waals surface area contributed by atoms with Crippen molar-refractivity contribution in [2.24, 2.45) is 0 Å². The molecule has 1 aromatic heterocycles. The van der Waals surface area contributed by atoms with Crippen LogP contribution in [0.4, 0.5) is 0 Å². The molecule has 0 unspecified atom stereocenters. The maximum absolute atomic E-state index is 6.25. The van der Waals surface area contributed by atoms with E-state index in [0.717, 1.165) is 17.1 Å². The summed E-state index contributed by atoms with van der Waals surface area (Å²) in [4.78, 5) is 4.49. The standard InChI is InChI=1S/C17H14Cl2N2/c18-11-15-16(19)20-17(14-9-5-2-6-10-14)21(15)12-13-7-3-1-4-8-13/h1-10H,11-12H2. The minimum Gasteiger partial charge on any atom is -0.321 e. The molecule has 3 rings (SSSR count). The zero-order chi connectivity index (χ0) is 14.7. The van der Waals surface area contributed by atoms with Crippen LogP contribution in [0.25, 0.3) is 11.4 Å². The van der Waals surface area contributed by atoms with Gasteiger partial charge in [0.2, 0.25) is 0 Å². The molecule has 1 heterocycles. The Hall–Kier alpha value is -1.77. The third-order valence-corrected chi connectivity index (χ3v) is 3.92. The van der Waals surface area contributed by atoms with E-state index in [1.54, 1.807) is 0 Å². The van der Waals surface area contributed by atoms with Gasteiger partial charge < -0.3 is 4.57 Å². The minimum atomic E-state index is 0.339. The fraction of sp³-hybridized carbons (Fsp3) is 0.118. The molecule has 4 heteroatoms. The van der Waals surface area contributed by atoms with Crippen molar-refractivity contribution in [1.29, 1.82) is 0 Å². The Morgan fingerprint density at radius 3 is 2.14 bits per heavy atom. The highest BCUT2D eigenvalue weighted by molar-refractivity contribution is 6.31. The highest BCUT2D eigenvalue weighted by Gasteiger charge is 2.16. The minimum absolute atomic E-state index is 0.339. The summed E-state index contributed by atoms with van der Waals surface area (Å²) in [6, 6.07) is 20.2. The fourth-order valence-electron chi connectivity index (χ4n) is 2.33. The molecule has 0 aliphatic heterocycles. The molecule has 0 fully saturated rings. The molecule has 0 saturated heterocycles. The number of halogens is 2. The van der Waals surface area contributed by atoms with Gasteiger partial charge in [0.25, 0.3) is 0 Å². The van der Waals surface area contributed by atoms with E-state index < -0.39 is 0 Å². The summed E-state index contributed by atoms with van der Waals surface area (Å²) in [6.45, 7) is 0.701. The van der Waals surface area contributed by atoms with Crippen molar-refractivity contribution < 1.29 is 0 Å². The van der Waals surface area contributed by atoms with Crippen LogP contribution in [0.1, 0.15) is 11.3 Å². The molecule has 0 atom stereocenters. The van der Waals surface area contributed by atoms with Crippen molar-refractivity contribution >= 4 is 23.2 Å². The SMILES string of the molecule is ClCc1c(Cl)nc(-c2ccccc2)n1Cc1ccccc1. The summed E-state index contributed by atoms with van der Waals surface area (Å²) in [5, 5.41) is 0.472. The molecule has 21 heavy (non-hydrogen) atoms. The number of imidazole rings is 1. The third kappa shape index (κ3) is 2.97. The third-order valence-electron chi connectivity index (χ3n) is 3.37. The highest BCUT2D eigenvalue weighted by atomic mass is 35.5. The molecule has 0 spiro atoms. The lowest BCUT2D eigenvalue weighted by Gasteiger charge is -2.11. The quantitative estimate of drug-likeness (QED) is 0.620. The van der Waals surface area contributed by atoms with Crippen molar-refractivity contribution in [2.45, 2.75) is 12.4 Å². The summed E-state index contributed by atoms with van der Waals surface area (Å²) < 4.78 is 2.08. The van der Waals surface area contributed by atoms with Gasteiger partial charge in [0, 0.05) is 12.1 Å². The molecule has 0 aliphatic rings. The van der Waals surface area contributed by atoms with Crippen molar-refractivity contribution in [3.8, 4) is 11.4 Å². The van der Waals surface area contributed by atoms with Gasteiger partial charge in [-0.05, 0) is 5.56 Å². The predicted octanol–water partition coefficient (Wildman–Crippen LogP) is 4.99. The number of aromatic nitrogens is 2. The first-order valence-corrected chi connectivity index (χ1v) is 7.61. The van der Waals surface area contributed by atoms with E-state index in [9.17, 15) is 0 Å². The van der Waals surface area contributed by atoms with E-state index >= 15 is 0 Å². The van der Waals surface area contributed by atoms with Gasteiger partial charge in [0.05, 0.1) is 11.6 Å². The van der Waals surface area contributed by atoms with E-state index in [0.29, 0.717) is 17.6 Å². The smallest absolute Gasteiger partial charge is 0.152 e. The Labute approximate surface area is 134 Å². The molecule has 0 saturated carbocycles. The van der Waals surface area contributed by atoms with Crippen LogP contribution < -0.4 is 0 Å². The van der Waals surface area contributed by atoms with Gasteiger partial charge in [-0.1, -0.05) is 72.3 Å². The second-order valence-electron chi connectivity index (χ2n) is 4.74. The van der Waals surface area contributed by atoms with Gasteiger partial charge in [-0.3, -0.25) is 0 Å². The predicted molar refractivity (Wildman–Crippen MR) is 87.8 cm³/mol. The van der Waals surface area contributed by atoms with Crippen molar-refractivity contribution in [3.63, 3.8) is 0 Å². The maximum atomic E-state index is 6.25. The van der Waals surface area contributed by atoms with Crippen LogP contribution in [0.3, 0.4) is 0 Å². The van der Waals surface area contributed by atoms with Gasteiger partial charge in [-0.25, -0.2) is 4.98 Å². The first-order chi connectivity index (χ1) is 10.3. The summed E-state index contributed by atoms with van der Waals surface area (Å²) in [7, 11) is 0. The summed E-state index contributed by atoms with van der Waals surface area (Å²) in [6.07, 6.45) is 0. The van der Waals surface area contributed by atoms with Gasteiger partial charge in [0.1, 0.15) is 5.82 Å². The lowest BCUT2D eigenvalue weighted by atomic mass is 10.2. The molecule has 3 aromatic rings. The van der Waals surface area contributed by atoms with E-state index in [-0.39, 0.29) is 0 Å². The highest BCUT2D eigenvalue weighted by Crippen LogP contribution is 2.27. The second kappa shape index (κ2) is 6.33. The van der Waals surface area contributed by atoms with Crippen LogP contribution in [-0.2, 0) is 12.4 Å². The molecule has 106 valence electrons. The molecule has 0 radical (unpaired) electrons. The van der Waals surface area contributed by atoms with E-state index in [4.69, 9.17) is 23.2 Å². The first-order valence-electron chi connectivity index (χ1n) is 6.70. The normalized spacial score (nSPS) is 10.8. The lowest BCUT2D eigenvalue weighted by Crippen LogP contribution is -2.05. The van der Waals surface area contributed by atoms with Gasteiger partial charge in [0.15, 0.2) is 5.15 Å².